The molecule has 20 heavy (non-hydrogen) atoms. The molecule has 0 fully saturated rings. The first-order valence-electron chi connectivity index (χ1n) is 6.64. The molecule has 2 aromatic rings. The van der Waals surface area contributed by atoms with Crippen LogP contribution in [0.25, 0.3) is 11.3 Å². The van der Waals surface area contributed by atoms with Crippen LogP contribution in [-0.4, -0.2) is 17.5 Å². The summed E-state index contributed by atoms with van der Waals surface area (Å²) in [5.74, 6) is 0.732. The predicted octanol–water partition coefficient (Wildman–Crippen LogP) is 2.75. The smallest absolute Gasteiger partial charge is 0.261 e. The summed E-state index contributed by atoms with van der Waals surface area (Å²) < 4.78 is 7.19. The van der Waals surface area contributed by atoms with Crippen molar-refractivity contribution in [2.75, 3.05) is 6.61 Å². The summed E-state index contributed by atoms with van der Waals surface area (Å²) in [5, 5.41) is 0. The summed E-state index contributed by atoms with van der Waals surface area (Å²) in [4.78, 5) is 23.1. The Labute approximate surface area is 117 Å². The fourth-order valence-electron chi connectivity index (χ4n) is 2.19. The molecule has 0 aliphatic heterocycles. The molecule has 4 nitrogen and oxygen atoms in total. The summed E-state index contributed by atoms with van der Waals surface area (Å²) in [5.41, 5.74) is 1.51. The van der Waals surface area contributed by atoms with Crippen LogP contribution in [0.3, 0.4) is 0 Å². The summed E-state index contributed by atoms with van der Waals surface area (Å²) in [7, 11) is 0. The molecule has 0 spiro atoms. The van der Waals surface area contributed by atoms with Crippen LogP contribution in [0.2, 0.25) is 0 Å². The lowest BCUT2D eigenvalue weighted by Gasteiger charge is -2.15. The summed E-state index contributed by atoms with van der Waals surface area (Å²) in [6, 6.07) is 10.9. The van der Waals surface area contributed by atoms with Gasteiger partial charge in [-0.25, -0.2) is 0 Å². The molecular formula is C16H17NO3. The van der Waals surface area contributed by atoms with E-state index in [9.17, 15) is 9.59 Å². The fraction of sp³-hybridized carbons (Fsp3) is 0.250. The van der Waals surface area contributed by atoms with Gasteiger partial charge in [-0.2, -0.15) is 0 Å². The zero-order valence-corrected chi connectivity index (χ0v) is 11.6. The summed E-state index contributed by atoms with van der Waals surface area (Å²) >= 11 is 0. The fourth-order valence-corrected chi connectivity index (χ4v) is 2.19. The Hall–Kier alpha value is -2.36. The van der Waals surface area contributed by atoms with Crippen LogP contribution >= 0.6 is 0 Å². The highest BCUT2D eigenvalue weighted by Gasteiger charge is 2.12. The minimum absolute atomic E-state index is 0.171. The SMILES string of the molecule is CCOc1ccccc1-c1ccc(C=O)c(=O)n1CC. The van der Waals surface area contributed by atoms with E-state index < -0.39 is 0 Å². The number of rotatable bonds is 5. The van der Waals surface area contributed by atoms with Crippen LogP contribution in [0, 0.1) is 0 Å². The zero-order valence-electron chi connectivity index (χ0n) is 11.6. The number of hydrogen-bond acceptors (Lipinski definition) is 3. The van der Waals surface area contributed by atoms with Crippen LogP contribution in [0.4, 0.5) is 0 Å². The van der Waals surface area contributed by atoms with Gasteiger partial charge in [0.25, 0.3) is 5.56 Å². The van der Waals surface area contributed by atoms with Crippen molar-refractivity contribution < 1.29 is 9.53 Å². The van der Waals surface area contributed by atoms with Crippen LogP contribution in [0.15, 0.2) is 41.2 Å². The first-order valence-corrected chi connectivity index (χ1v) is 6.64. The van der Waals surface area contributed by atoms with Crippen molar-refractivity contribution in [2.45, 2.75) is 20.4 Å². The van der Waals surface area contributed by atoms with E-state index in [0.29, 0.717) is 19.4 Å². The number of aromatic nitrogens is 1. The van der Waals surface area contributed by atoms with Crippen LogP contribution < -0.4 is 10.3 Å². The molecule has 0 saturated carbocycles. The van der Waals surface area contributed by atoms with Gasteiger partial charge in [0.2, 0.25) is 0 Å². The number of nitrogens with zero attached hydrogens (tertiary/aromatic N) is 1. The van der Waals surface area contributed by atoms with Gasteiger partial charge in [-0.3, -0.25) is 9.59 Å². The third-order valence-electron chi connectivity index (χ3n) is 3.11. The molecule has 4 heteroatoms. The van der Waals surface area contributed by atoms with E-state index in [1.165, 1.54) is 0 Å². The second-order valence-corrected chi connectivity index (χ2v) is 4.27. The second-order valence-electron chi connectivity index (χ2n) is 4.27. The lowest BCUT2D eigenvalue weighted by Crippen LogP contribution is -2.24. The maximum absolute atomic E-state index is 12.2. The van der Waals surface area contributed by atoms with Crippen molar-refractivity contribution >= 4 is 6.29 Å². The van der Waals surface area contributed by atoms with Crippen molar-refractivity contribution in [3.05, 3.63) is 52.3 Å². The number of carbonyl (C=O) groups excluding carboxylic acids is 1. The Morgan fingerprint density at radius 2 is 1.90 bits per heavy atom. The maximum atomic E-state index is 12.2. The van der Waals surface area contributed by atoms with Crippen molar-refractivity contribution in [3.8, 4) is 17.0 Å². The van der Waals surface area contributed by atoms with E-state index in [2.05, 4.69) is 0 Å². The molecule has 1 heterocycles. The number of hydrogen-bond donors (Lipinski definition) is 0. The Kier molecular flexibility index (Phi) is 4.35. The van der Waals surface area contributed by atoms with E-state index >= 15 is 0 Å². The number of para-hydroxylation sites is 1. The third-order valence-corrected chi connectivity index (χ3v) is 3.11. The minimum Gasteiger partial charge on any atom is -0.493 e. The quantitative estimate of drug-likeness (QED) is 0.786. The Morgan fingerprint density at radius 3 is 2.55 bits per heavy atom. The first-order chi connectivity index (χ1) is 9.72. The van der Waals surface area contributed by atoms with E-state index in [-0.39, 0.29) is 11.1 Å². The number of benzene rings is 1. The highest BCUT2D eigenvalue weighted by Crippen LogP contribution is 2.29. The molecule has 104 valence electrons. The molecule has 0 aliphatic rings. The molecule has 0 amide bonds. The standard InChI is InChI=1S/C16H17NO3/c1-3-17-14(10-9-12(11-18)16(17)19)13-7-5-6-8-15(13)20-4-2/h5-11H,3-4H2,1-2H3. The third kappa shape index (κ3) is 2.50. The molecule has 0 bridgehead atoms. The molecule has 0 N–H and O–H groups in total. The van der Waals surface area contributed by atoms with Gasteiger partial charge in [0.1, 0.15) is 5.75 Å². The van der Waals surface area contributed by atoms with Crippen molar-refractivity contribution in [3.63, 3.8) is 0 Å². The second kappa shape index (κ2) is 6.19. The van der Waals surface area contributed by atoms with Crippen molar-refractivity contribution in [1.82, 2.24) is 4.57 Å². The van der Waals surface area contributed by atoms with Gasteiger partial charge >= 0.3 is 0 Å². The Bertz CT molecular complexity index is 674. The monoisotopic (exact) mass is 271 g/mol. The number of ether oxygens (including phenoxy) is 1. The molecule has 1 aromatic heterocycles. The molecule has 0 unspecified atom stereocenters. The van der Waals surface area contributed by atoms with Gasteiger partial charge < -0.3 is 9.30 Å². The van der Waals surface area contributed by atoms with E-state index in [0.717, 1.165) is 17.0 Å². The molecule has 0 atom stereocenters. The number of pyridine rings is 1. The number of carbonyl (C=O) groups is 1. The van der Waals surface area contributed by atoms with Gasteiger partial charge in [0, 0.05) is 12.1 Å². The molecule has 0 radical (unpaired) electrons. The minimum atomic E-state index is -0.272. The zero-order chi connectivity index (χ0) is 14.5. The first kappa shape index (κ1) is 14.1. The highest BCUT2D eigenvalue weighted by molar-refractivity contribution is 5.76. The van der Waals surface area contributed by atoms with Gasteiger partial charge in [0.05, 0.1) is 17.9 Å². The average molecular weight is 271 g/mol. The maximum Gasteiger partial charge on any atom is 0.261 e. The van der Waals surface area contributed by atoms with Crippen LogP contribution in [0.1, 0.15) is 24.2 Å². The summed E-state index contributed by atoms with van der Waals surface area (Å²) in [6.45, 7) is 4.85. The van der Waals surface area contributed by atoms with E-state index in [1.807, 2.05) is 38.1 Å². The van der Waals surface area contributed by atoms with Gasteiger partial charge in [0.15, 0.2) is 6.29 Å². The highest BCUT2D eigenvalue weighted by atomic mass is 16.5. The van der Waals surface area contributed by atoms with Gasteiger partial charge in [-0.05, 0) is 38.1 Å². The lowest BCUT2D eigenvalue weighted by atomic mass is 10.1. The van der Waals surface area contributed by atoms with E-state index in [4.69, 9.17) is 4.74 Å². The van der Waals surface area contributed by atoms with Crippen LogP contribution in [-0.2, 0) is 6.54 Å². The van der Waals surface area contributed by atoms with Gasteiger partial charge in [-0.15, -0.1) is 0 Å². The topological polar surface area (TPSA) is 48.3 Å². The molecule has 2 rings (SSSR count). The lowest BCUT2D eigenvalue weighted by molar-refractivity contribution is 0.112. The number of aldehydes is 1. The van der Waals surface area contributed by atoms with Gasteiger partial charge in [-0.1, -0.05) is 12.1 Å². The molecule has 1 aromatic carbocycles. The molecular weight excluding hydrogens is 254 g/mol. The molecule has 0 aliphatic carbocycles. The Morgan fingerprint density at radius 1 is 1.15 bits per heavy atom. The normalized spacial score (nSPS) is 10.3. The van der Waals surface area contributed by atoms with Crippen LogP contribution in [0.5, 0.6) is 5.75 Å². The largest absolute Gasteiger partial charge is 0.493 e. The average Bonchev–Trinajstić information content (AvgIpc) is 2.48. The predicted molar refractivity (Wildman–Crippen MR) is 78.4 cm³/mol. The molecule has 0 saturated heterocycles. The van der Waals surface area contributed by atoms with Crippen molar-refractivity contribution in [2.24, 2.45) is 0 Å². The van der Waals surface area contributed by atoms with Crippen molar-refractivity contribution in [1.29, 1.82) is 0 Å². The van der Waals surface area contributed by atoms with E-state index in [1.54, 1.807) is 16.7 Å². The Balaban J connectivity index is 2.67. The summed E-state index contributed by atoms with van der Waals surface area (Å²) in [6.07, 6.45) is 0.590.